The summed E-state index contributed by atoms with van der Waals surface area (Å²) in [5, 5.41) is 0.968. The van der Waals surface area contributed by atoms with Gasteiger partial charge in [0.2, 0.25) is 0 Å². The van der Waals surface area contributed by atoms with Gasteiger partial charge in [0.05, 0.1) is 48.5 Å². The van der Waals surface area contributed by atoms with E-state index in [0.717, 1.165) is 35.5 Å². The van der Waals surface area contributed by atoms with Gasteiger partial charge in [0.25, 0.3) is 5.82 Å². The zero-order valence-corrected chi connectivity index (χ0v) is 17.1. The van der Waals surface area contributed by atoms with Gasteiger partial charge >= 0.3 is 5.97 Å². The Morgan fingerprint density at radius 2 is 2.04 bits per heavy atom. The lowest BCUT2D eigenvalue weighted by atomic mass is 9.89. The lowest BCUT2D eigenvalue weighted by Gasteiger charge is -2.33. The Labute approximate surface area is 163 Å². The first-order valence-corrected chi connectivity index (χ1v) is 10.6. The lowest BCUT2D eigenvalue weighted by Crippen LogP contribution is -2.39. The van der Waals surface area contributed by atoms with Crippen molar-refractivity contribution >= 4 is 39.0 Å². The molecule has 1 fully saturated rings. The minimum Gasteiger partial charge on any atom is -0.462 e. The molecule has 6 nitrogen and oxygen atoms in total. The van der Waals surface area contributed by atoms with Crippen molar-refractivity contribution in [3.8, 4) is 0 Å². The van der Waals surface area contributed by atoms with Crippen LogP contribution in [-0.2, 0) is 22.5 Å². The van der Waals surface area contributed by atoms with E-state index in [4.69, 9.17) is 15.2 Å². The molecule has 1 saturated heterocycles. The number of aromatic nitrogens is 1. The molecule has 4 rings (SSSR count). The lowest BCUT2D eigenvalue weighted by molar-refractivity contribution is -0.329. The van der Waals surface area contributed by atoms with Crippen molar-refractivity contribution in [2.75, 3.05) is 30.3 Å². The fraction of sp³-hybridized carbons (Fsp3) is 0.600. The van der Waals surface area contributed by atoms with E-state index in [2.05, 4.69) is 23.7 Å². The van der Waals surface area contributed by atoms with Crippen LogP contribution in [0.1, 0.15) is 60.8 Å². The molecular weight excluding hydrogens is 362 g/mol. The van der Waals surface area contributed by atoms with Crippen molar-refractivity contribution in [3.63, 3.8) is 0 Å². The van der Waals surface area contributed by atoms with Gasteiger partial charge in [-0.15, -0.1) is 0 Å². The van der Waals surface area contributed by atoms with E-state index in [9.17, 15) is 4.79 Å². The maximum Gasteiger partial charge on any atom is 0.350 e. The summed E-state index contributed by atoms with van der Waals surface area (Å²) in [5.74, 6) is 0.786. The minimum absolute atomic E-state index is 0.251. The molecule has 146 valence electrons. The van der Waals surface area contributed by atoms with E-state index >= 15 is 0 Å². The smallest absolute Gasteiger partial charge is 0.350 e. The maximum atomic E-state index is 12.4. The molecule has 27 heavy (non-hydrogen) atoms. The highest BCUT2D eigenvalue weighted by molar-refractivity contribution is 7.20. The molecule has 2 aliphatic rings. The second-order valence-corrected chi connectivity index (χ2v) is 8.99. The van der Waals surface area contributed by atoms with E-state index in [0.29, 0.717) is 23.8 Å². The number of aromatic amines is 1. The first-order chi connectivity index (χ1) is 12.9. The Balaban J connectivity index is 1.91. The number of nitrogens with zero attached hydrogens (tertiary/aromatic N) is 1. The van der Waals surface area contributed by atoms with E-state index in [1.54, 1.807) is 0 Å². The molecule has 0 aromatic carbocycles. The largest absolute Gasteiger partial charge is 0.462 e. The molecule has 0 aliphatic carbocycles. The molecule has 2 aromatic heterocycles. The molecule has 7 heteroatoms. The average molecular weight is 391 g/mol. The molecule has 0 bridgehead atoms. The van der Waals surface area contributed by atoms with E-state index in [-0.39, 0.29) is 11.6 Å². The number of carbonyl (C=O) groups excluding carboxylic acids is 1. The Bertz CT molecular complexity index is 884. The van der Waals surface area contributed by atoms with Crippen LogP contribution < -0.4 is 15.6 Å². The number of esters is 1. The molecule has 4 heterocycles. The first-order valence-electron chi connectivity index (χ1n) is 9.76. The molecule has 0 spiro atoms. The number of hydrogen-bond acceptors (Lipinski definition) is 6. The van der Waals surface area contributed by atoms with Gasteiger partial charge in [0.15, 0.2) is 4.83 Å². The van der Waals surface area contributed by atoms with E-state index in [1.165, 1.54) is 41.7 Å². The third-order valence-electron chi connectivity index (χ3n) is 5.47. The van der Waals surface area contributed by atoms with Gasteiger partial charge in [0.1, 0.15) is 4.88 Å². The van der Waals surface area contributed by atoms with Gasteiger partial charge in [-0.3, -0.25) is 4.90 Å². The standard InChI is InChI=1S/C20H27N3O3S/c1-4-25-19(24)16-15(21)14-12-10-20(2,3)26-11-13(12)17(22-18(14)27-16)23-8-6-5-7-9-23/h4-11,21H2,1-3H3/p+1. The highest BCUT2D eigenvalue weighted by atomic mass is 32.1. The monoisotopic (exact) mass is 390 g/mol. The van der Waals surface area contributed by atoms with Crippen LogP contribution in [-0.4, -0.2) is 31.3 Å². The van der Waals surface area contributed by atoms with Crippen molar-refractivity contribution in [1.29, 1.82) is 0 Å². The Hall–Kier alpha value is -1.86. The fourth-order valence-electron chi connectivity index (χ4n) is 4.14. The minimum atomic E-state index is -0.343. The molecule has 3 N–H and O–H groups in total. The molecule has 0 atom stereocenters. The van der Waals surface area contributed by atoms with Crippen molar-refractivity contribution < 1.29 is 19.3 Å². The predicted octanol–water partition coefficient (Wildman–Crippen LogP) is 3.32. The summed E-state index contributed by atoms with van der Waals surface area (Å²) < 4.78 is 11.3. The Morgan fingerprint density at radius 1 is 1.30 bits per heavy atom. The van der Waals surface area contributed by atoms with Crippen LogP contribution in [0.2, 0.25) is 0 Å². The molecule has 0 unspecified atom stereocenters. The van der Waals surface area contributed by atoms with Gasteiger partial charge < -0.3 is 15.2 Å². The number of nitrogens with two attached hydrogens (primary N) is 1. The second-order valence-electron chi connectivity index (χ2n) is 7.97. The summed E-state index contributed by atoms with van der Waals surface area (Å²) in [4.78, 5) is 19.8. The first kappa shape index (κ1) is 18.5. The van der Waals surface area contributed by atoms with Gasteiger partial charge in [0, 0.05) is 6.42 Å². The number of nitrogen functional groups attached to an aromatic ring is 1. The highest BCUT2D eigenvalue weighted by Crippen LogP contribution is 2.42. The van der Waals surface area contributed by atoms with Crippen molar-refractivity contribution in [1.82, 2.24) is 0 Å². The molecule has 0 radical (unpaired) electrons. The molecule has 0 saturated carbocycles. The van der Waals surface area contributed by atoms with Crippen molar-refractivity contribution in [2.24, 2.45) is 0 Å². The van der Waals surface area contributed by atoms with Crippen LogP contribution >= 0.6 is 11.3 Å². The third kappa shape index (κ3) is 3.27. The van der Waals surface area contributed by atoms with Crippen LogP contribution in [0.15, 0.2) is 0 Å². The van der Waals surface area contributed by atoms with Crippen LogP contribution in [0.4, 0.5) is 11.5 Å². The number of H-pyrrole nitrogens is 1. The molecule has 0 amide bonds. The Kier molecular flexibility index (Phi) is 4.76. The SMILES string of the molecule is CCOC(=O)c1sc2[nH+]c(N3CCCCC3)c3c(c2c1N)CC(C)(C)OC3. The van der Waals surface area contributed by atoms with Crippen molar-refractivity contribution in [2.45, 2.75) is 58.7 Å². The van der Waals surface area contributed by atoms with E-state index in [1.807, 2.05) is 6.92 Å². The summed E-state index contributed by atoms with van der Waals surface area (Å²) in [5.41, 5.74) is 9.12. The maximum absolute atomic E-state index is 12.4. The summed E-state index contributed by atoms with van der Waals surface area (Å²) in [6.07, 6.45) is 4.46. The predicted molar refractivity (Wildman–Crippen MR) is 107 cm³/mol. The second kappa shape index (κ2) is 6.95. The van der Waals surface area contributed by atoms with Crippen LogP contribution in [0.25, 0.3) is 10.2 Å². The zero-order valence-electron chi connectivity index (χ0n) is 16.3. The van der Waals surface area contributed by atoms with Gasteiger partial charge in [-0.05, 0) is 45.6 Å². The summed E-state index contributed by atoms with van der Waals surface area (Å²) in [6, 6.07) is 0. The number of carbonyl (C=O) groups is 1. The number of thiophene rings is 1. The number of fused-ring (bicyclic) bond motifs is 3. The molecule has 2 aromatic rings. The number of anilines is 2. The van der Waals surface area contributed by atoms with Crippen LogP contribution in [0.3, 0.4) is 0 Å². The number of nitrogens with one attached hydrogen (secondary N) is 1. The summed E-state index contributed by atoms with van der Waals surface area (Å²) in [6.45, 7) is 9.01. The van der Waals surface area contributed by atoms with Crippen LogP contribution in [0, 0.1) is 0 Å². The number of rotatable bonds is 3. The average Bonchev–Trinajstić information content (AvgIpc) is 2.98. The quantitative estimate of drug-likeness (QED) is 0.814. The fourth-order valence-corrected chi connectivity index (χ4v) is 5.18. The van der Waals surface area contributed by atoms with E-state index < -0.39 is 0 Å². The number of piperidine rings is 1. The normalized spacial score (nSPS) is 19.1. The summed E-state index contributed by atoms with van der Waals surface area (Å²) in [7, 11) is 0. The van der Waals surface area contributed by atoms with Gasteiger partial charge in [-0.1, -0.05) is 11.3 Å². The number of pyridine rings is 1. The van der Waals surface area contributed by atoms with Gasteiger partial charge in [-0.2, -0.15) is 0 Å². The molecular formula is C20H28N3O3S+. The zero-order chi connectivity index (χ0) is 19.2. The van der Waals surface area contributed by atoms with Crippen molar-refractivity contribution in [3.05, 3.63) is 16.0 Å². The topological polar surface area (TPSA) is 78.9 Å². The summed E-state index contributed by atoms with van der Waals surface area (Å²) >= 11 is 1.40. The molecule has 2 aliphatic heterocycles. The number of ether oxygens (including phenoxy) is 2. The van der Waals surface area contributed by atoms with Crippen LogP contribution in [0.5, 0.6) is 0 Å². The van der Waals surface area contributed by atoms with Gasteiger partial charge in [-0.25, -0.2) is 9.78 Å². The number of hydrogen-bond donors (Lipinski definition) is 1. The highest BCUT2D eigenvalue weighted by Gasteiger charge is 2.36. The Morgan fingerprint density at radius 3 is 2.74 bits per heavy atom. The third-order valence-corrected chi connectivity index (χ3v) is 6.57.